The molecule has 1 aromatic heterocycles. The fourth-order valence-electron chi connectivity index (χ4n) is 3.68. The van der Waals surface area contributed by atoms with Crippen molar-refractivity contribution < 1.29 is 27.2 Å². The van der Waals surface area contributed by atoms with Crippen LogP contribution in [0.15, 0.2) is 65.1 Å². The number of benzene rings is 2. The number of nitrogens with one attached hydrogen (secondary N) is 1. The van der Waals surface area contributed by atoms with Crippen molar-refractivity contribution in [1.29, 1.82) is 0 Å². The number of amides is 2. The van der Waals surface area contributed by atoms with E-state index >= 15 is 0 Å². The lowest BCUT2D eigenvalue weighted by atomic mass is 9.94. The van der Waals surface area contributed by atoms with E-state index in [9.17, 15) is 22.8 Å². The van der Waals surface area contributed by atoms with E-state index in [0.29, 0.717) is 0 Å². The molecule has 8 heteroatoms. The number of carbonyl (C=O) groups is 2. The Morgan fingerprint density at radius 1 is 0.967 bits per heavy atom. The zero-order valence-corrected chi connectivity index (χ0v) is 15.6. The average molecular weight is 414 g/mol. The smallest absolute Gasteiger partial charge is 0.416 e. The molecule has 5 nitrogen and oxygen atoms in total. The summed E-state index contributed by atoms with van der Waals surface area (Å²) in [6.45, 7) is 0. The van der Waals surface area contributed by atoms with Crippen LogP contribution >= 0.6 is 0 Å². The summed E-state index contributed by atoms with van der Waals surface area (Å²) in [5.74, 6) is -1.36. The van der Waals surface area contributed by atoms with E-state index in [4.69, 9.17) is 10.2 Å². The Morgan fingerprint density at radius 3 is 2.23 bits per heavy atom. The predicted molar refractivity (Wildman–Crippen MR) is 102 cm³/mol. The second-order valence-electron chi connectivity index (χ2n) is 7.27. The molecule has 3 N–H and O–H groups in total. The van der Waals surface area contributed by atoms with Crippen LogP contribution in [-0.2, 0) is 23.8 Å². The minimum absolute atomic E-state index is 0.106. The van der Waals surface area contributed by atoms with Crippen LogP contribution in [-0.4, -0.2) is 17.4 Å². The minimum atomic E-state index is -4.49. The van der Waals surface area contributed by atoms with E-state index in [1.807, 2.05) is 24.3 Å². The van der Waals surface area contributed by atoms with E-state index in [2.05, 4.69) is 5.32 Å². The van der Waals surface area contributed by atoms with Gasteiger partial charge in [0.15, 0.2) is 5.76 Å². The van der Waals surface area contributed by atoms with Crippen LogP contribution in [0.4, 0.5) is 13.2 Å². The lowest BCUT2D eigenvalue weighted by Crippen LogP contribution is -2.58. The number of carbonyl (C=O) groups excluding carboxylic acids is 2. The largest absolute Gasteiger partial charge is 0.451 e. The van der Waals surface area contributed by atoms with Crippen molar-refractivity contribution in [2.45, 2.75) is 24.6 Å². The zero-order valence-electron chi connectivity index (χ0n) is 15.6. The quantitative estimate of drug-likeness (QED) is 0.682. The predicted octanol–water partition coefficient (Wildman–Crippen LogP) is 3.72. The summed E-state index contributed by atoms with van der Waals surface area (Å²) >= 11 is 0. The molecule has 0 saturated heterocycles. The number of primary amides is 1. The van der Waals surface area contributed by atoms with Gasteiger partial charge in [-0.3, -0.25) is 9.59 Å². The molecule has 1 heterocycles. The second-order valence-corrected chi connectivity index (χ2v) is 7.27. The molecule has 0 saturated carbocycles. The third kappa shape index (κ3) is 3.56. The standard InChI is InChI=1S/C22H17F3N2O3/c23-22(24,25)16-7-3-6-13(10-16)17-8-9-18(30-17)19(28)27-21(20(26)29)11-14-4-1-2-5-15(14)12-21/h1-10H,11-12H2,(H2,26,29)(H,27,28). The molecule has 1 aliphatic rings. The van der Waals surface area contributed by atoms with Gasteiger partial charge < -0.3 is 15.5 Å². The molecule has 2 amide bonds. The number of rotatable bonds is 4. The number of halogens is 3. The van der Waals surface area contributed by atoms with Crippen LogP contribution in [0.3, 0.4) is 0 Å². The highest BCUT2D eigenvalue weighted by Crippen LogP contribution is 2.33. The lowest BCUT2D eigenvalue weighted by Gasteiger charge is -2.26. The molecule has 0 atom stereocenters. The van der Waals surface area contributed by atoms with E-state index in [0.717, 1.165) is 23.3 Å². The first-order chi connectivity index (χ1) is 14.2. The molecule has 0 radical (unpaired) electrons. The number of alkyl halides is 3. The summed E-state index contributed by atoms with van der Waals surface area (Å²) in [7, 11) is 0. The lowest BCUT2D eigenvalue weighted by molar-refractivity contribution is -0.137. The Kier molecular flexibility index (Phi) is 4.64. The third-order valence-electron chi connectivity index (χ3n) is 5.23. The Bertz CT molecular complexity index is 1110. The van der Waals surface area contributed by atoms with Gasteiger partial charge in [0, 0.05) is 18.4 Å². The average Bonchev–Trinajstić information content (AvgIpc) is 3.33. The first-order valence-electron chi connectivity index (χ1n) is 9.15. The summed E-state index contributed by atoms with van der Waals surface area (Å²) in [6.07, 6.45) is -3.98. The molecule has 30 heavy (non-hydrogen) atoms. The van der Waals surface area contributed by atoms with Crippen LogP contribution in [0.1, 0.15) is 27.2 Å². The van der Waals surface area contributed by atoms with Gasteiger partial charge in [-0.15, -0.1) is 0 Å². The molecule has 3 aromatic rings. The van der Waals surface area contributed by atoms with Crippen LogP contribution < -0.4 is 11.1 Å². The minimum Gasteiger partial charge on any atom is -0.451 e. The summed E-state index contributed by atoms with van der Waals surface area (Å²) < 4.78 is 44.3. The summed E-state index contributed by atoms with van der Waals surface area (Å²) in [4.78, 5) is 24.9. The van der Waals surface area contributed by atoms with Gasteiger partial charge in [0.25, 0.3) is 5.91 Å². The fourth-order valence-corrected chi connectivity index (χ4v) is 3.68. The Hall–Kier alpha value is -3.55. The van der Waals surface area contributed by atoms with Gasteiger partial charge >= 0.3 is 6.18 Å². The van der Waals surface area contributed by atoms with Gasteiger partial charge in [-0.1, -0.05) is 36.4 Å². The topological polar surface area (TPSA) is 85.3 Å². The molecular weight excluding hydrogens is 397 g/mol. The highest BCUT2D eigenvalue weighted by Gasteiger charge is 2.44. The number of hydrogen-bond donors (Lipinski definition) is 2. The molecule has 4 rings (SSSR count). The summed E-state index contributed by atoms with van der Waals surface area (Å²) in [5.41, 5.74) is 5.51. The number of hydrogen-bond acceptors (Lipinski definition) is 3. The van der Waals surface area contributed by atoms with Gasteiger partial charge in [0.1, 0.15) is 11.3 Å². The summed E-state index contributed by atoms with van der Waals surface area (Å²) in [6, 6.07) is 14.8. The molecule has 154 valence electrons. The van der Waals surface area contributed by atoms with Crippen molar-refractivity contribution in [2.75, 3.05) is 0 Å². The van der Waals surface area contributed by atoms with Crippen molar-refractivity contribution in [1.82, 2.24) is 5.32 Å². The maximum Gasteiger partial charge on any atom is 0.416 e. The van der Waals surface area contributed by atoms with Gasteiger partial charge in [-0.05, 0) is 35.4 Å². The molecule has 0 fully saturated rings. The van der Waals surface area contributed by atoms with E-state index in [1.54, 1.807) is 0 Å². The van der Waals surface area contributed by atoms with Crippen molar-refractivity contribution in [3.63, 3.8) is 0 Å². The van der Waals surface area contributed by atoms with Gasteiger partial charge in [0.05, 0.1) is 5.56 Å². The highest BCUT2D eigenvalue weighted by molar-refractivity contribution is 5.98. The SMILES string of the molecule is NC(=O)C1(NC(=O)c2ccc(-c3cccc(C(F)(F)F)c3)o2)Cc2ccccc2C1. The summed E-state index contributed by atoms with van der Waals surface area (Å²) in [5, 5.41) is 2.67. The molecule has 2 aromatic carbocycles. The Balaban J connectivity index is 1.57. The molecule has 0 bridgehead atoms. The van der Waals surface area contributed by atoms with Crippen LogP contribution in [0.5, 0.6) is 0 Å². The molecule has 1 aliphatic carbocycles. The first-order valence-corrected chi connectivity index (χ1v) is 9.15. The fraction of sp³-hybridized carbons (Fsp3) is 0.182. The zero-order chi connectivity index (χ0) is 21.5. The number of furan rings is 1. The maximum absolute atomic E-state index is 12.9. The van der Waals surface area contributed by atoms with Gasteiger partial charge in [-0.25, -0.2) is 0 Å². The molecule has 0 unspecified atom stereocenters. The highest BCUT2D eigenvalue weighted by atomic mass is 19.4. The van der Waals surface area contributed by atoms with Crippen molar-refractivity contribution in [2.24, 2.45) is 5.73 Å². The van der Waals surface area contributed by atoms with Crippen LogP contribution in [0.2, 0.25) is 0 Å². The van der Waals surface area contributed by atoms with Crippen LogP contribution in [0.25, 0.3) is 11.3 Å². The monoisotopic (exact) mass is 414 g/mol. The number of nitrogens with two attached hydrogens (primary N) is 1. The van der Waals surface area contributed by atoms with E-state index in [1.165, 1.54) is 24.3 Å². The van der Waals surface area contributed by atoms with Crippen LogP contribution in [0, 0.1) is 0 Å². The van der Waals surface area contributed by atoms with Crippen molar-refractivity contribution in [3.05, 3.63) is 83.1 Å². The van der Waals surface area contributed by atoms with E-state index < -0.39 is 29.1 Å². The van der Waals surface area contributed by atoms with Crippen molar-refractivity contribution in [3.8, 4) is 11.3 Å². The third-order valence-corrected chi connectivity index (χ3v) is 5.23. The molecule has 0 spiro atoms. The first kappa shape index (κ1) is 19.8. The van der Waals surface area contributed by atoms with Gasteiger partial charge in [-0.2, -0.15) is 13.2 Å². The van der Waals surface area contributed by atoms with Gasteiger partial charge in [0.2, 0.25) is 5.91 Å². The Labute approximate surface area is 169 Å². The van der Waals surface area contributed by atoms with E-state index in [-0.39, 0.29) is 29.9 Å². The van der Waals surface area contributed by atoms with Crippen molar-refractivity contribution >= 4 is 11.8 Å². The maximum atomic E-state index is 12.9. The second kappa shape index (κ2) is 7.05. The normalized spacial score (nSPS) is 14.9. The molecular formula is C22H17F3N2O3. The Morgan fingerprint density at radius 2 is 1.63 bits per heavy atom. The number of fused-ring (bicyclic) bond motifs is 1. The molecule has 0 aliphatic heterocycles.